The zero-order valence-electron chi connectivity index (χ0n) is 12.4. The van der Waals surface area contributed by atoms with Crippen molar-refractivity contribution in [3.05, 3.63) is 52.5 Å². The highest BCUT2D eigenvalue weighted by Crippen LogP contribution is 2.39. The third-order valence-corrected chi connectivity index (χ3v) is 5.10. The lowest BCUT2D eigenvalue weighted by Gasteiger charge is -2.33. The quantitative estimate of drug-likeness (QED) is 0.908. The first-order valence-electron chi connectivity index (χ1n) is 7.76. The third kappa shape index (κ3) is 3.06. The average Bonchev–Trinajstić information content (AvgIpc) is 2.96. The van der Waals surface area contributed by atoms with E-state index in [0.717, 1.165) is 26.1 Å². The van der Waals surface area contributed by atoms with Crippen LogP contribution in [0.3, 0.4) is 0 Å². The Kier molecular flexibility index (Phi) is 4.76. The molecule has 0 amide bonds. The molecule has 0 bridgehead atoms. The number of piperidine rings is 1. The minimum atomic E-state index is 0.502. The number of benzene rings is 1. The van der Waals surface area contributed by atoms with Crippen molar-refractivity contribution in [1.29, 1.82) is 0 Å². The van der Waals surface area contributed by atoms with E-state index in [-0.39, 0.29) is 0 Å². The van der Waals surface area contributed by atoms with Gasteiger partial charge in [0.05, 0.1) is 6.33 Å². The molecule has 3 rings (SSSR count). The van der Waals surface area contributed by atoms with Crippen LogP contribution in [0.1, 0.15) is 42.9 Å². The van der Waals surface area contributed by atoms with E-state index in [9.17, 15) is 0 Å². The fraction of sp³-hybridized carbons (Fsp3) is 0.471. The first kappa shape index (κ1) is 14.8. The van der Waals surface area contributed by atoms with Crippen LogP contribution in [0.4, 0.5) is 0 Å². The van der Waals surface area contributed by atoms with Gasteiger partial charge in [-0.2, -0.15) is 0 Å². The zero-order valence-corrected chi connectivity index (χ0v) is 14.0. The van der Waals surface area contributed by atoms with Crippen LogP contribution in [0.15, 0.2) is 41.3 Å². The molecule has 1 aromatic carbocycles. The molecule has 1 fully saturated rings. The number of aromatic nitrogens is 2. The summed E-state index contributed by atoms with van der Waals surface area (Å²) in [7, 11) is 0. The maximum absolute atomic E-state index is 4.40. The van der Waals surface area contributed by atoms with E-state index < -0.39 is 0 Å². The van der Waals surface area contributed by atoms with Crippen molar-refractivity contribution in [2.75, 3.05) is 13.1 Å². The number of hydrogen-bond donors (Lipinski definition) is 1. The molecule has 1 N–H and O–H groups in total. The van der Waals surface area contributed by atoms with E-state index >= 15 is 0 Å². The summed E-state index contributed by atoms with van der Waals surface area (Å²) in [6, 6.07) is 8.61. The first-order chi connectivity index (χ1) is 10.3. The van der Waals surface area contributed by atoms with Gasteiger partial charge in [-0.25, -0.2) is 4.98 Å². The van der Waals surface area contributed by atoms with Crippen LogP contribution in [0, 0.1) is 0 Å². The van der Waals surface area contributed by atoms with Gasteiger partial charge in [-0.15, -0.1) is 0 Å². The highest BCUT2D eigenvalue weighted by Gasteiger charge is 2.30. The number of rotatable bonds is 4. The van der Waals surface area contributed by atoms with Crippen LogP contribution in [-0.4, -0.2) is 22.6 Å². The topological polar surface area (TPSA) is 29.9 Å². The normalized spacial score (nSPS) is 22.4. The SMILES string of the molecule is CCCn1cncc1C1CCNCC1c1ccccc1Br. The minimum absolute atomic E-state index is 0.502. The van der Waals surface area contributed by atoms with Crippen molar-refractivity contribution in [3.8, 4) is 0 Å². The number of imidazole rings is 1. The molecule has 0 aliphatic carbocycles. The molecule has 1 aromatic heterocycles. The standard InChI is InChI=1S/C17H22BrN3/c1-2-9-21-12-20-11-17(21)14-7-8-19-10-15(14)13-5-3-4-6-16(13)18/h3-6,11-12,14-15,19H,2,7-10H2,1H3. The van der Waals surface area contributed by atoms with Gasteiger partial charge in [-0.05, 0) is 31.0 Å². The third-order valence-electron chi connectivity index (χ3n) is 4.38. The van der Waals surface area contributed by atoms with Crippen LogP contribution in [0.25, 0.3) is 0 Å². The van der Waals surface area contributed by atoms with E-state index in [1.165, 1.54) is 22.2 Å². The molecule has 21 heavy (non-hydrogen) atoms. The van der Waals surface area contributed by atoms with Crippen molar-refractivity contribution < 1.29 is 0 Å². The lowest BCUT2D eigenvalue weighted by atomic mass is 9.79. The van der Waals surface area contributed by atoms with E-state index in [2.05, 4.69) is 68.2 Å². The van der Waals surface area contributed by atoms with Crippen LogP contribution >= 0.6 is 15.9 Å². The van der Waals surface area contributed by atoms with Gasteiger partial charge in [-0.3, -0.25) is 0 Å². The van der Waals surface area contributed by atoms with Crippen molar-refractivity contribution in [1.82, 2.24) is 14.9 Å². The Bertz CT molecular complexity index is 593. The van der Waals surface area contributed by atoms with Gasteiger partial charge in [0.1, 0.15) is 0 Å². The fourth-order valence-electron chi connectivity index (χ4n) is 3.38. The number of nitrogens with zero attached hydrogens (tertiary/aromatic N) is 2. The van der Waals surface area contributed by atoms with Gasteiger partial charge in [0.2, 0.25) is 0 Å². The second kappa shape index (κ2) is 6.75. The smallest absolute Gasteiger partial charge is 0.0948 e. The van der Waals surface area contributed by atoms with Gasteiger partial charge in [-0.1, -0.05) is 41.1 Å². The van der Waals surface area contributed by atoms with Gasteiger partial charge >= 0.3 is 0 Å². The molecule has 2 atom stereocenters. The zero-order chi connectivity index (χ0) is 14.7. The van der Waals surface area contributed by atoms with E-state index in [1.807, 2.05) is 6.33 Å². The molecule has 2 aromatic rings. The predicted octanol–water partition coefficient (Wildman–Crippen LogP) is 3.92. The average molecular weight is 348 g/mol. The molecule has 0 spiro atoms. The largest absolute Gasteiger partial charge is 0.334 e. The van der Waals surface area contributed by atoms with Crippen LogP contribution in [0.5, 0.6) is 0 Å². The van der Waals surface area contributed by atoms with Crippen LogP contribution < -0.4 is 5.32 Å². The molecular weight excluding hydrogens is 326 g/mol. The summed E-state index contributed by atoms with van der Waals surface area (Å²) in [6.45, 7) is 5.40. The van der Waals surface area contributed by atoms with Gasteiger partial charge in [0.15, 0.2) is 0 Å². The number of aryl methyl sites for hydroxylation is 1. The Hall–Kier alpha value is -1.13. The molecule has 2 heterocycles. The van der Waals surface area contributed by atoms with E-state index in [1.54, 1.807) is 0 Å². The summed E-state index contributed by atoms with van der Waals surface area (Å²) in [4.78, 5) is 4.40. The Morgan fingerprint density at radius 1 is 1.33 bits per heavy atom. The molecule has 0 radical (unpaired) electrons. The summed E-state index contributed by atoms with van der Waals surface area (Å²) in [5.74, 6) is 1.04. The first-order valence-corrected chi connectivity index (χ1v) is 8.55. The van der Waals surface area contributed by atoms with Crippen molar-refractivity contribution in [2.24, 2.45) is 0 Å². The summed E-state index contributed by atoms with van der Waals surface area (Å²) < 4.78 is 3.55. The minimum Gasteiger partial charge on any atom is -0.334 e. The van der Waals surface area contributed by atoms with Crippen molar-refractivity contribution in [3.63, 3.8) is 0 Å². The molecule has 1 aliphatic rings. The highest BCUT2D eigenvalue weighted by molar-refractivity contribution is 9.10. The molecule has 2 unspecified atom stereocenters. The maximum atomic E-state index is 4.40. The summed E-state index contributed by atoms with van der Waals surface area (Å²) in [5, 5.41) is 3.55. The Balaban J connectivity index is 1.95. The van der Waals surface area contributed by atoms with Crippen LogP contribution in [0.2, 0.25) is 0 Å². The second-order valence-corrected chi connectivity index (χ2v) is 6.59. The maximum Gasteiger partial charge on any atom is 0.0948 e. The number of nitrogens with one attached hydrogen (secondary N) is 1. The molecule has 1 aliphatic heterocycles. The van der Waals surface area contributed by atoms with Gasteiger partial charge in [0, 0.05) is 41.3 Å². The lowest BCUT2D eigenvalue weighted by molar-refractivity contribution is 0.386. The monoisotopic (exact) mass is 347 g/mol. The molecule has 112 valence electrons. The van der Waals surface area contributed by atoms with Gasteiger partial charge < -0.3 is 9.88 Å². The second-order valence-electron chi connectivity index (χ2n) is 5.74. The summed E-state index contributed by atoms with van der Waals surface area (Å²) in [6.07, 6.45) is 6.36. The summed E-state index contributed by atoms with van der Waals surface area (Å²) >= 11 is 3.72. The molecule has 3 nitrogen and oxygen atoms in total. The lowest BCUT2D eigenvalue weighted by Crippen LogP contribution is -2.35. The molecule has 4 heteroatoms. The number of hydrogen-bond acceptors (Lipinski definition) is 2. The van der Waals surface area contributed by atoms with Crippen molar-refractivity contribution in [2.45, 2.75) is 38.1 Å². The molecule has 1 saturated heterocycles. The Labute approximate surface area is 134 Å². The van der Waals surface area contributed by atoms with Gasteiger partial charge in [0.25, 0.3) is 0 Å². The predicted molar refractivity (Wildman–Crippen MR) is 89.6 cm³/mol. The Morgan fingerprint density at radius 2 is 2.19 bits per heavy atom. The highest BCUT2D eigenvalue weighted by atomic mass is 79.9. The molecule has 0 saturated carbocycles. The number of halogens is 1. The Morgan fingerprint density at radius 3 is 3.00 bits per heavy atom. The molecular formula is C17H22BrN3. The van der Waals surface area contributed by atoms with E-state index in [4.69, 9.17) is 0 Å². The fourth-order valence-corrected chi connectivity index (χ4v) is 3.96. The van der Waals surface area contributed by atoms with Crippen molar-refractivity contribution >= 4 is 15.9 Å². The van der Waals surface area contributed by atoms with E-state index in [0.29, 0.717) is 11.8 Å². The summed E-state index contributed by atoms with van der Waals surface area (Å²) in [5.41, 5.74) is 2.79. The van der Waals surface area contributed by atoms with Crippen LogP contribution in [-0.2, 0) is 6.54 Å².